The Balaban J connectivity index is 1.60. The van der Waals surface area contributed by atoms with Crippen LogP contribution in [0.25, 0.3) is 10.9 Å². The molecule has 2 atom stereocenters. The van der Waals surface area contributed by atoms with Crippen LogP contribution in [0, 0.1) is 5.92 Å². The molecule has 132 valence electrons. The van der Waals surface area contributed by atoms with Gasteiger partial charge in [-0.1, -0.05) is 18.2 Å². The summed E-state index contributed by atoms with van der Waals surface area (Å²) in [4.78, 5) is 31.1. The number of carbonyl (C=O) groups is 2. The zero-order chi connectivity index (χ0) is 17.4. The van der Waals surface area contributed by atoms with Crippen molar-refractivity contribution in [1.29, 1.82) is 0 Å². The van der Waals surface area contributed by atoms with Crippen LogP contribution in [-0.4, -0.2) is 77.2 Å². The van der Waals surface area contributed by atoms with E-state index in [-0.39, 0.29) is 24.4 Å². The molecule has 4 rings (SSSR count). The number of aromatic amines is 1. The molecule has 2 fully saturated rings. The number of carbonyl (C=O) groups excluding carboxylic acids is 1. The summed E-state index contributed by atoms with van der Waals surface area (Å²) in [6, 6.07) is 9.55. The SMILES string of the molecule is O=C(O)CN1C[C@@H]2COC[C@H](C1)N(C(=O)c1cc3ccccc3[nH]1)C2. The fourth-order valence-electron chi connectivity index (χ4n) is 3.85. The van der Waals surface area contributed by atoms with Gasteiger partial charge in [0.1, 0.15) is 5.69 Å². The highest BCUT2D eigenvalue weighted by Crippen LogP contribution is 2.23. The molecule has 2 aliphatic heterocycles. The summed E-state index contributed by atoms with van der Waals surface area (Å²) < 4.78 is 5.71. The Morgan fingerprint density at radius 2 is 2.04 bits per heavy atom. The third-order valence-corrected chi connectivity index (χ3v) is 4.92. The van der Waals surface area contributed by atoms with Crippen molar-refractivity contribution >= 4 is 22.8 Å². The van der Waals surface area contributed by atoms with Crippen LogP contribution >= 0.6 is 0 Å². The largest absolute Gasteiger partial charge is 0.480 e. The molecule has 2 bridgehead atoms. The number of nitrogens with one attached hydrogen (secondary N) is 1. The maximum Gasteiger partial charge on any atom is 0.317 e. The van der Waals surface area contributed by atoms with E-state index < -0.39 is 5.97 Å². The summed E-state index contributed by atoms with van der Waals surface area (Å²) in [7, 11) is 0. The first-order chi connectivity index (χ1) is 12.1. The molecule has 0 radical (unpaired) electrons. The van der Waals surface area contributed by atoms with Crippen molar-refractivity contribution in [2.75, 3.05) is 39.4 Å². The summed E-state index contributed by atoms with van der Waals surface area (Å²) in [6.45, 7) is 2.76. The Kier molecular flexibility index (Phi) is 4.19. The zero-order valence-electron chi connectivity index (χ0n) is 13.9. The van der Waals surface area contributed by atoms with Gasteiger partial charge in [-0.05, 0) is 12.1 Å². The van der Waals surface area contributed by atoms with Gasteiger partial charge in [0.15, 0.2) is 0 Å². The molecule has 2 aromatic rings. The first-order valence-corrected chi connectivity index (χ1v) is 8.51. The normalized spacial score (nSPS) is 24.2. The minimum absolute atomic E-state index is 0.00141. The van der Waals surface area contributed by atoms with E-state index in [1.807, 2.05) is 40.1 Å². The number of benzene rings is 1. The van der Waals surface area contributed by atoms with Crippen LogP contribution in [0.2, 0.25) is 0 Å². The van der Waals surface area contributed by atoms with Crippen molar-refractivity contribution in [3.63, 3.8) is 0 Å². The second-order valence-electron chi connectivity index (χ2n) is 6.87. The number of para-hydroxylation sites is 1. The van der Waals surface area contributed by atoms with Crippen molar-refractivity contribution in [3.05, 3.63) is 36.0 Å². The number of hydrogen-bond donors (Lipinski definition) is 2. The molecule has 2 saturated heterocycles. The smallest absolute Gasteiger partial charge is 0.317 e. The Morgan fingerprint density at radius 1 is 1.20 bits per heavy atom. The molecule has 0 spiro atoms. The molecule has 0 aliphatic carbocycles. The maximum atomic E-state index is 13.1. The molecule has 25 heavy (non-hydrogen) atoms. The molecule has 7 nitrogen and oxygen atoms in total. The van der Waals surface area contributed by atoms with Gasteiger partial charge in [0.2, 0.25) is 0 Å². The number of aliphatic carboxylic acids is 1. The Morgan fingerprint density at radius 3 is 2.84 bits per heavy atom. The molecular weight excluding hydrogens is 322 g/mol. The van der Waals surface area contributed by atoms with Gasteiger partial charge >= 0.3 is 5.97 Å². The number of H-pyrrole nitrogens is 1. The summed E-state index contributed by atoms with van der Waals surface area (Å²) in [5.41, 5.74) is 1.51. The molecule has 1 aromatic heterocycles. The van der Waals surface area contributed by atoms with Crippen molar-refractivity contribution < 1.29 is 19.4 Å². The monoisotopic (exact) mass is 343 g/mol. The number of rotatable bonds is 3. The highest BCUT2D eigenvalue weighted by atomic mass is 16.5. The van der Waals surface area contributed by atoms with Crippen LogP contribution in [0.15, 0.2) is 30.3 Å². The van der Waals surface area contributed by atoms with Crippen molar-refractivity contribution in [2.45, 2.75) is 6.04 Å². The Labute approximate surface area is 145 Å². The zero-order valence-corrected chi connectivity index (χ0v) is 13.9. The van der Waals surface area contributed by atoms with E-state index >= 15 is 0 Å². The molecule has 0 saturated carbocycles. The van der Waals surface area contributed by atoms with E-state index in [1.54, 1.807) is 0 Å². The van der Waals surface area contributed by atoms with Gasteiger partial charge in [-0.2, -0.15) is 0 Å². The lowest BCUT2D eigenvalue weighted by Crippen LogP contribution is -2.47. The molecule has 1 amide bonds. The molecule has 0 unspecified atom stereocenters. The lowest BCUT2D eigenvalue weighted by atomic mass is 10.1. The predicted octanol–water partition coefficient (Wildman–Crippen LogP) is 1.03. The van der Waals surface area contributed by atoms with E-state index in [4.69, 9.17) is 9.84 Å². The fraction of sp³-hybridized carbons (Fsp3) is 0.444. The van der Waals surface area contributed by atoms with Gasteiger partial charge in [-0.3, -0.25) is 14.5 Å². The Bertz CT molecular complexity index is 769. The second-order valence-corrected chi connectivity index (χ2v) is 6.87. The standard InChI is InChI=1S/C18H21N3O4/c22-17(23)9-20-6-12-7-21(14(8-20)11-25-10-12)18(24)16-5-13-3-1-2-4-15(13)19-16/h1-5,12,14,19H,6-11H2,(H,22,23)/t12-,14-/m0/s1. The molecule has 1 aromatic carbocycles. The van der Waals surface area contributed by atoms with Crippen LogP contribution in [-0.2, 0) is 9.53 Å². The van der Waals surface area contributed by atoms with E-state index in [0.717, 1.165) is 10.9 Å². The molecule has 2 aliphatic rings. The van der Waals surface area contributed by atoms with Crippen molar-refractivity contribution in [2.24, 2.45) is 5.92 Å². The highest BCUT2D eigenvalue weighted by Gasteiger charge is 2.37. The number of aromatic nitrogens is 1. The first kappa shape index (κ1) is 16.1. The van der Waals surface area contributed by atoms with Gasteiger partial charge in [-0.25, -0.2) is 0 Å². The predicted molar refractivity (Wildman–Crippen MR) is 91.5 cm³/mol. The van der Waals surface area contributed by atoms with Gasteiger partial charge in [0.05, 0.1) is 25.8 Å². The minimum Gasteiger partial charge on any atom is -0.480 e. The first-order valence-electron chi connectivity index (χ1n) is 8.51. The summed E-state index contributed by atoms with van der Waals surface area (Å²) in [5, 5.41) is 10.1. The van der Waals surface area contributed by atoms with Crippen LogP contribution in [0.3, 0.4) is 0 Å². The number of nitrogens with zero attached hydrogens (tertiary/aromatic N) is 2. The van der Waals surface area contributed by atoms with Gasteiger partial charge in [0, 0.05) is 36.5 Å². The quantitative estimate of drug-likeness (QED) is 0.869. The summed E-state index contributed by atoms with van der Waals surface area (Å²) in [6.07, 6.45) is 0. The van der Waals surface area contributed by atoms with Crippen LogP contribution in [0.1, 0.15) is 10.5 Å². The van der Waals surface area contributed by atoms with E-state index in [2.05, 4.69) is 4.98 Å². The molecule has 2 N–H and O–H groups in total. The Hall–Kier alpha value is -2.38. The van der Waals surface area contributed by atoms with Gasteiger partial charge in [0.25, 0.3) is 5.91 Å². The van der Waals surface area contributed by atoms with E-state index in [9.17, 15) is 9.59 Å². The number of carboxylic acid groups (broad SMARTS) is 1. The van der Waals surface area contributed by atoms with Gasteiger partial charge in [-0.15, -0.1) is 0 Å². The van der Waals surface area contributed by atoms with Crippen molar-refractivity contribution in [1.82, 2.24) is 14.8 Å². The maximum absolute atomic E-state index is 13.1. The number of ether oxygens (including phenoxy) is 1. The second kappa shape index (κ2) is 6.50. The summed E-state index contributed by atoms with van der Waals surface area (Å²) in [5.74, 6) is -0.761. The number of amides is 1. The number of hydrogen-bond acceptors (Lipinski definition) is 4. The van der Waals surface area contributed by atoms with Gasteiger partial charge < -0.3 is 19.7 Å². The fourth-order valence-corrected chi connectivity index (χ4v) is 3.85. The third-order valence-electron chi connectivity index (χ3n) is 4.92. The van der Waals surface area contributed by atoms with E-state index in [1.165, 1.54) is 0 Å². The molecule has 7 heteroatoms. The average Bonchev–Trinajstić information content (AvgIpc) is 2.80. The number of fused-ring (bicyclic) bond motifs is 4. The van der Waals surface area contributed by atoms with Crippen LogP contribution in [0.5, 0.6) is 0 Å². The minimum atomic E-state index is -0.839. The molecular formula is C18H21N3O4. The molecule has 3 heterocycles. The summed E-state index contributed by atoms with van der Waals surface area (Å²) >= 11 is 0. The number of carboxylic acids is 1. The van der Waals surface area contributed by atoms with Crippen molar-refractivity contribution in [3.8, 4) is 0 Å². The van der Waals surface area contributed by atoms with Crippen LogP contribution in [0.4, 0.5) is 0 Å². The lowest BCUT2D eigenvalue weighted by molar-refractivity contribution is -0.138. The van der Waals surface area contributed by atoms with E-state index in [0.29, 0.717) is 38.5 Å². The average molecular weight is 343 g/mol. The third kappa shape index (κ3) is 3.25. The lowest BCUT2D eigenvalue weighted by Gasteiger charge is -2.30. The highest BCUT2D eigenvalue weighted by molar-refractivity contribution is 5.98. The van der Waals surface area contributed by atoms with Crippen LogP contribution < -0.4 is 0 Å². The topological polar surface area (TPSA) is 85.9 Å².